The van der Waals surface area contributed by atoms with Gasteiger partial charge in [-0.2, -0.15) is 0 Å². The first kappa shape index (κ1) is 15.3. The largest absolute Gasteiger partial charge is 0.314 e. The van der Waals surface area contributed by atoms with Gasteiger partial charge in [0.1, 0.15) is 0 Å². The molecule has 0 radical (unpaired) electrons. The van der Waals surface area contributed by atoms with E-state index in [-0.39, 0.29) is 0 Å². The zero-order valence-corrected chi connectivity index (χ0v) is 13.0. The van der Waals surface area contributed by atoms with E-state index in [1.165, 1.54) is 77.8 Å². The van der Waals surface area contributed by atoms with Crippen molar-refractivity contribution in [2.75, 3.05) is 46.3 Å². The van der Waals surface area contributed by atoms with Crippen molar-refractivity contribution < 1.29 is 0 Å². The van der Waals surface area contributed by atoms with Crippen molar-refractivity contribution in [3.8, 4) is 0 Å². The minimum absolute atomic E-state index is 0.787. The summed E-state index contributed by atoms with van der Waals surface area (Å²) < 4.78 is 0. The molecule has 112 valence electrons. The molecule has 1 heterocycles. The number of nitrogens with zero attached hydrogens (tertiary/aromatic N) is 2. The summed E-state index contributed by atoms with van der Waals surface area (Å²) in [6.07, 6.45) is 8.32. The highest BCUT2D eigenvalue weighted by atomic mass is 15.2. The zero-order chi connectivity index (χ0) is 13.5. The lowest BCUT2D eigenvalue weighted by atomic mass is 9.84. The van der Waals surface area contributed by atoms with Crippen LogP contribution < -0.4 is 5.32 Å². The topological polar surface area (TPSA) is 18.5 Å². The maximum Gasteiger partial charge on any atom is 0.0109 e. The van der Waals surface area contributed by atoms with Crippen molar-refractivity contribution in [1.82, 2.24) is 15.1 Å². The van der Waals surface area contributed by atoms with Crippen LogP contribution in [0.5, 0.6) is 0 Å². The molecule has 2 aliphatic rings. The van der Waals surface area contributed by atoms with Gasteiger partial charge in [-0.3, -0.25) is 0 Å². The third kappa shape index (κ3) is 5.05. The second-order valence-electron chi connectivity index (χ2n) is 6.56. The van der Waals surface area contributed by atoms with Crippen LogP contribution in [0.3, 0.4) is 0 Å². The molecule has 1 saturated carbocycles. The van der Waals surface area contributed by atoms with Crippen molar-refractivity contribution in [3.05, 3.63) is 0 Å². The first-order chi connectivity index (χ1) is 9.29. The predicted octanol–water partition coefficient (Wildman–Crippen LogP) is 2.18. The fraction of sp³-hybridized carbons (Fsp3) is 1.00. The Morgan fingerprint density at radius 2 is 1.84 bits per heavy atom. The molecule has 2 unspecified atom stereocenters. The molecular formula is C16H33N3. The minimum Gasteiger partial charge on any atom is -0.314 e. The van der Waals surface area contributed by atoms with E-state index in [0.29, 0.717) is 0 Å². The second-order valence-corrected chi connectivity index (χ2v) is 6.56. The van der Waals surface area contributed by atoms with Gasteiger partial charge in [0.25, 0.3) is 0 Å². The summed E-state index contributed by atoms with van der Waals surface area (Å²) >= 11 is 0. The van der Waals surface area contributed by atoms with E-state index in [9.17, 15) is 0 Å². The summed E-state index contributed by atoms with van der Waals surface area (Å²) in [5.41, 5.74) is 0. The average Bonchev–Trinajstić information content (AvgIpc) is 2.63. The first-order valence-corrected chi connectivity index (χ1v) is 8.44. The Labute approximate surface area is 119 Å². The Morgan fingerprint density at radius 3 is 2.68 bits per heavy atom. The molecule has 2 atom stereocenters. The Balaban J connectivity index is 1.80. The highest BCUT2D eigenvalue weighted by Gasteiger charge is 2.26. The van der Waals surface area contributed by atoms with Gasteiger partial charge in [0.15, 0.2) is 0 Å². The van der Waals surface area contributed by atoms with E-state index < -0.39 is 0 Å². The van der Waals surface area contributed by atoms with Crippen molar-refractivity contribution in [2.45, 2.75) is 51.5 Å². The fourth-order valence-electron chi connectivity index (χ4n) is 3.64. The van der Waals surface area contributed by atoms with Crippen molar-refractivity contribution in [3.63, 3.8) is 0 Å². The zero-order valence-electron chi connectivity index (χ0n) is 13.0. The standard InChI is InChI=1S/C16H33N3/c1-3-9-17-16-8-5-4-7-15(16)14-19-11-6-10-18(2)12-13-19/h15-17H,3-14H2,1-2H3. The highest BCUT2D eigenvalue weighted by Crippen LogP contribution is 2.25. The molecule has 0 aromatic rings. The smallest absolute Gasteiger partial charge is 0.0109 e. The van der Waals surface area contributed by atoms with E-state index in [2.05, 4.69) is 29.1 Å². The van der Waals surface area contributed by atoms with Crippen molar-refractivity contribution in [1.29, 1.82) is 0 Å². The van der Waals surface area contributed by atoms with Crippen LogP contribution in [-0.4, -0.2) is 62.2 Å². The fourth-order valence-corrected chi connectivity index (χ4v) is 3.64. The van der Waals surface area contributed by atoms with Crippen LogP contribution in [0, 0.1) is 5.92 Å². The predicted molar refractivity (Wildman–Crippen MR) is 82.6 cm³/mol. The quantitative estimate of drug-likeness (QED) is 0.824. The number of likely N-dealkylation sites (N-methyl/N-ethyl adjacent to an activating group) is 1. The van der Waals surface area contributed by atoms with Crippen LogP contribution in [0.4, 0.5) is 0 Å². The third-order valence-corrected chi connectivity index (χ3v) is 4.87. The lowest BCUT2D eigenvalue weighted by Gasteiger charge is -2.36. The van der Waals surface area contributed by atoms with Gasteiger partial charge in [0.2, 0.25) is 0 Å². The van der Waals surface area contributed by atoms with E-state index in [1.54, 1.807) is 0 Å². The molecule has 3 nitrogen and oxygen atoms in total. The van der Waals surface area contributed by atoms with E-state index in [0.717, 1.165) is 12.0 Å². The molecule has 0 aromatic carbocycles. The van der Waals surface area contributed by atoms with Crippen LogP contribution in [0.15, 0.2) is 0 Å². The van der Waals surface area contributed by atoms with Crippen molar-refractivity contribution >= 4 is 0 Å². The lowest BCUT2D eigenvalue weighted by Crippen LogP contribution is -2.45. The molecule has 0 aromatic heterocycles. The molecule has 1 aliphatic heterocycles. The van der Waals surface area contributed by atoms with Crippen LogP contribution in [-0.2, 0) is 0 Å². The summed E-state index contributed by atoms with van der Waals surface area (Å²) in [5.74, 6) is 0.892. The van der Waals surface area contributed by atoms with Gasteiger partial charge in [0, 0.05) is 25.7 Å². The summed E-state index contributed by atoms with van der Waals surface area (Å²) in [6.45, 7) is 9.90. The molecule has 0 spiro atoms. The molecule has 2 fully saturated rings. The van der Waals surface area contributed by atoms with E-state index >= 15 is 0 Å². The van der Waals surface area contributed by atoms with E-state index in [4.69, 9.17) is 0 Å². The Hall–Kier alpha value is -0.120. The molecule has 0 bridgehead atoms. The van der Waals surface area contributed by atoms with Crippen LogP contribution >= 0.6 is 0 Å². The van der Waals surface area contributed by atoms with Crippen LogP contribution in [0.1, 0.15) is 45.4 Å². The molecule has 2 rings (SSSR count). The van der Waals surface area contributed by atoms with Gasteiger partial charge in [0.05, 0.1) is 0 Å². The molecule has 0 amide bonds. The van der Waals surface area contributed by atoms with Gasteiger partial charge in [-0.05, 0) is 58.3 Å². The van der Waals surface area contributed by atoms with Gasteiger partial charge < -0.3 is 15.1 Å². The Morgan fingerprint density at radius 1 is 1.00 bits per heavy atom. The van der Waals surface area contributed by atoms with Crippen molar-refractivity contribution in [2.24, 2.45) is 5.92 Å². The molecule has 3 heteroatoms. The van der Waals surface area contributed by atoms with Gasteiger partial charge in [-0.1, -0.05) is 19.8 Å². The van der Waals surface area contributed by atoms with E-state index in [1.807, 2.05) is 0 Å². The van der Waals surface area contributed by atoms with Gasteiger partial charge in [-0.25, -0.2) is 0 Å². The van der Waals surface area contributed by atoms with Crippen LogP contribution in [0.25, 0.3) is 0 Å². The summed E-state index contributed by atoms with van der Waals surface area (Å²) in [6, 6.07) is 0.787. The summed E-state index contributed by atoms with van der Waals surface area (Å²) in [4.78, 5) is 5.20. The normalized spacial score (nSPS) is 31.3. The number of rotatable bonds is 5. The second kappa shape index (κ2) is 8.23. The van der Waals surface area contributed by atoms with Crippen LogP contribution in [0.2, 0.25) is 0 Å². The van der Waals surface area contributed by atoms with Gasteiger partial charge in [-0.15, -0.1) is 0 Å². The SMILES string of the molecule is CCCNC1CCCCC1CN1CCCN(C)CC1. The lowest BCUT2D eigenvalue weighted by molar-refractivity contribution is 0.171. The molecule has 19 heavy (non-hydrogen) atoms. The maximum absolute atomic E-state index is 3.80. The highest BCUT2D eigenvalue weighted by molar-refractivity contribution is 4.84. The monoisotopic (exact) mass is 267 g/mol. The first-order valence-electron chi connectivity index (χ1n) is 8.44. The number of hydrogen-bond acceptors (Lipinski definition) is 3. The van der Waals surface area contributed by atoms with Gasteiger partial charge >= 0.3 is 0 Å². The Kier molecular flexibility index (Phi) is 6.62. The third-order valence-electron chi connectivity index (χ3n) is 4.87. The summed E-state index contributed by atoms with van der Waals surface area (Å²) in [5, 5.41) is 3.80. The number of hydrogen-bond donors (Lipinski definition) is 1. The molecule has 1 saturated heterocycles. The molecule has 1 N–H and O–H groups in total. The minimum atomic E-state index is 0.787. The summed E-state index contributed by atoms with van der Waals surface area (Å²) in [7, 11) is 2.26. The average molecular weight is 267 g/mol. The maximum atomic E-state index is 3.80. The number of nitrogens with one attached hydrogen (secondary N) is 1. The Bertz CT molecular complexity index is 244. The molecular weight excluding hydrogens is 234 g/mol. The molecule has 1 aliphatic carbocycles.